The van der Waals surface area contributed by atoms with E-state index in [4.69, 9.17) is 4.74 Å². The fraction of sp³-hybridized carbons (Fsp3) is 0.462. The molecule has 3 aliphatic rings. The Kier molecular flexibility index (Phi) is 6.22. The summed E-state index contributed by atoms with van der Waals surface area (Å²) in [6.45, 7) is 6.10. The zero-order chi connectivity index (χ0) is 26.7. The first kappa shape index (κ1) is 25.5. The normalized spacial score (nSPS) is 27.1. The molecule has 0 saturated carbocycles. The maximum Gasteiger partial charge on any atom is 0.269 e. The number of aliphatic hydroxyl groups excluding tert-OH is 1. The fourth-order valence-electron chi connectivity index (χ4n) is 6.33. The number of nitrogens with zero attached hydrogens (tertiary/aromatic N) is 3. The molecule has 37 heavy (non-hydrogen) atoms. The lowest BCUT2D eigenvalue weighted by molar-refractivity contribution is -0.385. The molecule has 10 nitrogen and oxygen atoms in total. The van der Waals surface area contributed by atoms with Crippen LogP contribution < -0.4 is 9.80 Å². The Morgan fingerprint density at radius 3 is 2.57 bits per heavy atom. The van der Waals surface area contributed by atoms with Crippen LogP contribution in [0.3, 0.4) is 0 Å². The summed E-state index contributed by atoms with van der Waals surface area (Å²) in [4.78, 5) is 51.8. The van der Waals surface area contributed by atoms with E-state index < -0.39 is 30.9 Å². The number of fused-ring (bicyclic) bond motifs is 2. The van der Waals surface area contributed by atoms with Gasteiger partial charge in [-0.1, -0.05) is 19.1 Å². The van der Waals surface area contributed by atoms with Crippen LogP contribution in [0.15, 0.2) is 42.5 Å². The van der Waals surface area contributed by atoms with Crippen molar-refractivity contribution in [1.29, 1.82) is 0 Å². The number of benzene rings is 2. The number of aliphatic hydroxyl groups is 1. The molecular formula is C26H31N3O7Si. The van der Waals surface area contributed by atoms with Crippen molar-refractivity contribution < 1.29 is 29.2 Å². The average Bonchev–Trinajstić information content (AvgIpc) is 3.25. The van der Waals surface area contributed by atoms with Crippen LogP contribution in [-0.2, 0) is 26.5 Å². The molecule has 11 heteroatoms. The summed E-state index contributed by atoms with van der Waals surface area (Å²) in [6.07, 6.45) is 0.194. The number of carbonyl (C=O) groups is 2. The highest BCUT2D eigenvalue weighted by Crippen LogP contribution is 2.60. The van der Waals surface area contributed by atoms with Crippen LogP contribution in [0.1, 0.15) is 30.9 Å². The number of nitro groups is 1. The lowest BCUT2D eigenvalue weighted by atomic mass is 9.82. The first-order valence-corrected chi connectivity index (χ1v) is 15.5. The van der Waals surface area contributed by atoms with Crippen molar-refractivity contribution >= 4 is 37.2 Å². The number of carbonyl (C=O) groups excluding carboxylic acids is 2. The highest BCUT2D eigenvalue weighted by molar-refractivity contribution is 6.71. The van der Waals surface area contributed by atoms with Crippen LogP contribution in [0.25, 0.3) is 0 Å². The molecule has 2 saturated heterocycles. The van der Waals surface area contributed by atoms with Crippen molar-refractivity contribution in [3.8, 4) is 0 Å². The van der Waals surface area contributed by atoms with Crippen molar-refractivity contribution in [2.24, 2.45) is 5.92 Å². The molecule has 3 heterocycles. The first-order chi connectivity index (χ1) is 17.5. The van der Waals surface area contributed by atoms with Gasteiger partial charge in [0, 0.05) is 54.4 Å². The Bertz CT molecular complexity index is 1280. The molecule has 0 radical (unpaired) electrons. The number of nitro benzene ring substituents is 1. The summed E-state index contributed by atoms with van der Waals surface area (Å²) >= 11 is 0. The zero-order valence-corrected chi connectivity index (χ0v) is 22.1. The Labute approximate surface area is 215 Å². The molecule has 196 valence electrons. The third-order valence-corrected chi connectivity index (χ3v) is 10.5. The summed E-state index contributed by atoms with van der Waals surface area (Å²) in [7, 11) is -2.87. The number of amides is 2. The Balaban J connectivity index is 1.59. The van der Waals surface area contributed by atoms with Crippen molar-refractivity contribution in [2.75, 3.05) is 23.0 Å². The van der Waals surface area contributed by atoms with Gasteiger partial charge in [-0.25, -0.2) is 0 Å². The largest absolute Gasteiger partial charge is 0.432 e. The second-order valence-electron chi connectivity index (χ2n) is 10.7. The molecule has 5 rings (SSSR count). The van der Waals surface area contributed by atoms with E-state index in [0.29, 0.717) is 24.2 Å². The third kappa shape index (κ3) is 3.97. The van der Waals surface area contributed by atoms with Crippen LogP contribution in [0, 0.1) is 16.0 Å². The minimum Gasteiger partial charge on any atom is -0.432 e. The molecule has 0 aliphatic carbocycles. The zero-order valence-electron chi connectivity index (χ0n) is 21.1. The maximum atomic E-state index is 14.3. The summed E-state index contributed by atoms with van der Waals surface area (Å²) in [5.41, 5.74) is 0.481. The van der Waals surface area contributed by atoms with Crippen molar-refractivity contribution in [1.82, 2.24) is 0 Å². The van der Waals surface area contributed by atoms with E-state index >= 15 is 0 Å². The Hall–Kier alpha value is -3.12. The lowest BCUT2D eigenvalue weighted by Gasteiger charge is -2.32. The molecule has 3 aliphatic heterocycles. The van der Waals surface area contributed by atoms with Gasteiger partial charge in [-0.2, -0.15) is 0 Å². The predicted octanol–water partition coefficient (Wildman–Crippen LogP) is 3.06. The Morgan fingerprint density at radius 1 is 1.22 bits per heavy atom. The van der Waals surface area contributed by atoms with Crippen LogP contribution in [-0.4, -0.2) is 54.2 Å². The first-order valence-electron chi connectivity index (χ1n) is 12.5. The van der Waals surface area contributed by atoms with E-state index in [-0.39, 0.29) is 42.6 Å². The molecule has 2 amide bonds. The summed E-state index contributed by atoms with van der Waals surface area (Å²) < 4.78 is 6.49. The maximum absolute atomic E-state index is 14.3. The van der Waals surface area contributed by atoms with Gasteiger partial charge in [0.25, 0.3) is 11.6 Å². The second kappa shape index (κ2) is 9.01. The van der Waals surface area contributed by atoms with E-state index in [1.165, 1.54) is 12.1 Å². The van der Waals surface area contributed by atoms with Gasteiger partial charge in [0.15, 0.2) is 13.9 Å². The van der Waals surface area contributed by atoms with Crippen LogP contribution in [0.5, 0.6) is 0 Å². The highest BCUT2D eigenvalue weighted by Gasteiger charge is 2.66. The number of hydrogen-bond acceptors (Lipinski definition) is 7. The van der Waals surface area contributed by atoms with Gasteiger partial charge < -0.3 is 24.4 Å². The summed E-state index contributed by atoms with van der Waals surface area (Å²) in [6, 6.07) is 11.8. The molecule has 2 aromatic rings. The SMILES string of the molecule is C[C@@H]1[C@@H]([Si](C)(C)O)[C@H](CCO)O[C@@]12C(=O)N(Cc1cccc(N3CCC3=O)c1)c1ccc([N+](=O)[O-])cc12. The predicted molar refractivity (Wildman–Crippen MR) is 139 cm³/mol. The van der Waals surface area contributed by atoms with E-state index in [1.54, 1.807) is 29.0 Å². The quantitative estimate of drug-likeness (QED) is 0.246. The number of rotatable bonds is 7. The van der Waals surface area contributed by atoms with E-state index in [1.807, 2.05) is 31.2 Å². The van der Waals surface area contributed by atoms with E-state index in [0.717, 1.165) is 11.3 Å². The molecule has 0 bridgehead atoms. The van der Waals surface area contributed by atoms with Crippen molar-refractivity contribution in [2.45, 2.75) is 56.7 Å². The number of β-lactam (4-membered cyclic amide) rings is 1. The third-order valence-electron chi connectivity index (χ3n) is 8.01. The standard InChI is InChI=1S/C26H31N3O7Si/c1-16-24(37(2,3)35)22(10-12-30)36-26(16)20-14-19(29(33)34)7-8-21(20)28(25(26)32)15-17-5-4-6-18(13-17)27-11-9-23(27)31/h4-8,13-14,16,22,24,30,35H,9-12,15H2,1-3H3/t16-,22+,24-,26+/m1/s1. The molecule has 2 aromatic carbocycles. The van der Waals surface area contributed by atoms with Gasteiger partial charge in [-0.15, -0.1) is 0 Å². The average molecular weight is 526 g/mol. The number of non-ortho nitro benzene ring substituents is 1. The van der Waals surface area contributed by atoms with Gasteiger partial charge in [-0.05, 0) is 43.3 Å². The van der Waals surface area contributed by atoms with Crippen LogP contribution in [0.2, 0.25) is 18.6 Å². The Morgan fingerprint density at radius 2 is 1.97 bits per heavy atom. The van der Waals surface area contributed by atoms with E-state index in [2.05, 4.69) is 0 Å². The number of ether oxygens (including phenoxy) is 1. The fourth-order valence-corrected chi connectivity index (χ4v) is 8.93. The summed E-state index contributed by atoms with van der Waals surface area (Å²) in [5, 5.41) is 21.4. The highest BCUT2D eigenvalue weighted by atomic mass is 28.4. The van der Waals surface area contributed by atoms with Crippen LogP contribution in [0.4, 0.5) is 17.1 Å². The topological polar surface area (TPSA) is 133 Å². The van der Waals surface area contributed by atoms with Gasteiger partial charge in [-0.3, -0.25) is 19.7 Å². The molecule has 1 spiro atoms. The summed E-state index contributed by atoms with van der Waals surface area (Å²) in [5.74, 6) is -0.764. The van der Waals surface area contributed by atoms with E-state index in [9.17, 15) is 29.6 Å². The van der Waals surface area contributed by atoms with Crippen molar-refractivity contribution in [3.05, 3.63) is 63.7 Å². The van der Waals surface area contributed by atoms with Crippen molar-refractivity contribution in [3.63, 3.8) is 0 Å². The minimum absolute atomic E-state index is 0.0518. The van der Waals surface area contributed by atoms with Gasteiger partial charge in [0.05, 0.1) is 23.3 Å². The van der Waals surface area contributed by atoms with Gasteiger partial charge >= 0.3 is 0 Å². The minimum atomic E-state index is -2.87. The molecule has 2 fully saturated rings. The van der Waals surface area contributed by atoms with Gasteiger partial charge in [0.1, 0.15) is 0 Å². The molecule has 2 N–H and O–H groups in total. The van der Waals surface area contributed by atoms with Crippen LogP contribution >= 0.6 is 0 Å². The van der Waals surface area contributed by atoms with Gasteiger partial charge in [0.2, 0.25) is 5.91 Å². The lowest BCUT2D eigenvalue weighted by Crippen LogP contribution is -2.46. The molecular weight excluding hydrogens is 494 g/mol. The number of hydrogen-bond donors (Lipinski definition) is 2. The molecule has 4 atom stereocenters. The smallest absolute Gasteiger partial charge is 0.269 e. The monoisotopic (exact) mass is 525 g/mol. The molecule has 0 aromatic heterocycles. The second-order valence-corrected chi connectivity index (χ2v) is 14.7. The molecule has 0 unspecified atom stereocenters. The number of anilines is 2.